The average Bonchev–Trinajstić information content (AvgIpc) is 3.21. The van der Waals surface area contributed by atoms with Crippen molar-refractivity contribution in [1.82, 2.24) is 5.32 Å². The molecular weight excluding hydrogens is 244 g/mol. The molecule has 0 unspecified atom stereocenters. The number of anilines is 1. The smallest absolute Gasteiger partial charge is 0.323 e. The Kier molecular flexibility index (Phi) is 4.52. The SMILES string of the molecule is O=C(O)CN(C(=O)CNCC1CC1)c1ccccc1. The number of hydrogen-bond donors (Lipinski definition) is 2. The number of carbonyl (C=O) groups is 2. The molecule has 0 heterocycles. The van der Waals surface area contributed by atoms with Gasteiger partial charge >= 0.3 is 5.97 Å². The Labute approximate surface area is 112 Å². The maximum atomic E-state index is 12.1. The van der Waals surface area contributed by atoms with Crippen LogP contribution in [0.1, 0.15) is 12.8 Å². The van der Waals surface area contributed by atoms with Crippen molar-refractivity contribution in [1.29, 1.82) is 0 Å². The number of nitrogens with zero attached hydrogens (tertiary/aromatic N) is 1. The van der Waals surface area contributed by atoms with E-state index in [1.54, 1.807) is 24.3 Å². The van der Waals surface area contributed by atoms with Crippen LogP contribution in [-0.4, -0.2) is 36.6 Å². The molecule has 1 aromatic carbocycles. The molecule has 0 bridgehead atoms. The Morgan fingerprint density at radius 3 is 2.53 bits per heavy atom. The van der Waals surface area contributed by atoms with E-state index < -0.39 is 5.97 Å². The van der Waals surface area contributed by atoms with Crippen molar-refractivity contribution in [3.63, 3.8) is 0 Å². The molecule has 1 aliphatic carbocycles. The Morgan fingerprint density at radius 2 is 1.95 bits per heavy atom. The first-order valence-corrected chi connectivity index (χ1v) is 6.44. The summed E-state index contributed by atoms with van der Waals surface area (Å²) in [6, 6.07) is 8.88. The van der Waals surface area contributed by atoms with E-state index in [1.165, 1.54) is 17.7 Å². The highest BCUT2D eigenvalue weighted by Gasteiger charge is 2.22. The lowest BCUT2D eigenvalue weighted by molar-refractivity contribution is -0.136. The van der Waals surface area contributed by atoms with E-state index in [4.69, 9.17) is 5.11 Å². The predicted molar refractivity (Wildman–Crippen MR) is 72.0 cm³/mol. The maximum Gasteiger partial charge on any atom is 0.323 e. The highest BCUT2D eigenvalue weighted by Crippen LogP contribution is 2.27. The quantitative estimate of drug-likeness (QED) is 0.772. The van der Waals surface area contributed by atoms with Gasteiger partial charge in [0.15, 0.2) is 0 Å². The van der Waals surface area contributed by atoms with Crippen LogP contribution < -0.4 is 10.2 Å². The summed E-state index contributed by atoms with van der Waals surface area (Å²) >= 11 is 0. The van der Waals surface area contributed by atoms with Crippen LogP contribution in [-0.2, 0) is 9.59 Å². The summed E-state index contributed by atoms with van der Waals surface area (Å²) in [4.78, 5) is 24.2. The number of carbonyl (C=O) groups excluding carboxylic acids is 1. The van der Waals surface area contributed by atoms with Gasteiger partial charge in [0.1, 0.15) is 6.54 Å². The van der Waals surface area contributed by atoms with Gasteiger partial charge in [0.25, 0.3) is 0 Å². The number of aliphatic carboxylic acids is 1. The van der Waals surface area contributed by atoms with Gasteiger partial charge in [-0.15, -0.1) is 0 Å². The second-order valence-corrected chi connectivity index (χ2v) is 4.78. The number of carboxylic acids is 1. The molecule has 1 amide bonds. The summed E-state index contributed by atoms with van der Waals surface area (Å²) in [6.45, 7) is 0.702. The van der Waals surface area contributed by atoms with Gasteiger partial charge in [-0.05, 0) is 37.4 Å². The van der Waals surface area contributed by atoms with Crippen LogP contribution in [0.4, 0.5) is 5.69 Å². The molecule has 1 saturated carbocycles. The minimum atomic E-state index is -1.01. The zero-order valence-corrected chi connectivity index (χ0v) is 10.7. The van der Waals surface area contributed by atoms with Gasteiger partial charge in [-0.3, -0.25) is 9.59 Å². The average molecular weight is 262 g/mol. The molecule has 1 fully saturated rings. The van der Waals surface area contributed by atoms with Crippen molar-refractivity contribution < 1.29 is 14.7 Å². The van der Waals surface area contributed by atoms with Gasteiger partial charge in [-0.25, -0.2) is 0 Å². The van der Waals surface area contributed by atoms with Crippen molar-refractivity contribution in [2.45, 2.75) is 12.8 Å². The second kappa shape index (κ2) is 6.33. The number of nitrogens with one attached hydrogen (secondary N) is 1. The number of amides is 1. The van der Waals surface area contributed by atoms with Crippen LogP contribution in [0.15, 0.2) is 30.3 Å². The van der Waals surface area contributed by atoms with Crippen LogP contribution in [0, 0.1) is 5.92 Å². The molecule has 5 nitrogen and oxygen atoms in total. The van der Waals surface area contributed by atoms with E-state index in [0.717, 1.165) is 6.54 Å². The molecule has 1 aliphatic rings. The summed E-state index contributed by atoms with van der Waals surface area (Å²) in [5.74, 6) is -0.536. The molecule has 19 heavy (non-hydrogen) atoms. The molecule has 0 aromatic heterocycles. The molecule has 0 radical (unpaired) electrons. The molecule has 2 N–H and O–H groups in total. The number of para-hydroxylation sites is 1. The lowest BCUT2D eigenvalue weighted by Crippen LogP contribution is -2.41. The van der Waals surface area contributed by atoms with Gasteiger partial charge < -0.3 is 15.3 Å². The topological polar surface area (TPSA) is 69.6 Å². The Hall–Kier alpha value is -1.88. The zero-order valence-electron chi connectivity index (χ0n) is 10.7. The summed E-state index contributed by atoms with van der Waals surface area (Å²) in [6.07, 6.45) is 2.44. The van der Waals surface area contributed by atoms with E-state index in [9.17, 15) is 9.59 Å². The summed E-state index contributed by atoms with van der Waals surface area (Å²) < 4.78 is 0. The van der Waals surface area contributed by atoms with Crippen LogP contribution in [0.3, 0.4) is 0 Å². The number of benzene rings is 1. The van der Waals surface area contributed by atoms with E-state index >= 15 is 0 Å². The molecule has 0 aliphatic heterocycles. The molecule has 102 valence electrons. The van der Waals surface area contributed by atoms with E-state index in [-0.39, 0.29) is 19.0 Å². The molecule has 0 spiro atoms. The lowest BCUT2D eigenvalue weighted by Gasteiger charge is -2.21. The number of hydrogen-bond acceptors (Lipinski definition) is 3. The van der Waals surface area contributed by atoms with Crippen molar-refractivity contribution in [2.75, 3.05) is 24.5 Å². The predicted octanol–water partition coefficient (Wildman–Crippen LogP) is 1.10. The zero-order chi connectivity index (χ0) is 13.7. The first kappa shape index (κ1) is 13.5. The third kappa shape index (κ3) is 4.37. The minimum absolute atomic E-state index is 0.179. The fourth-order valence-corrected chi connectivity index (χ4v) is 1.87. The van der Waals surface area contributed by atoms with Crippen LogP contribution in [0.2, 0.25) is 0 Å². The fraction of sp³-hybridized carbons (Fsp3) is 0.429. The summed E-state index contributed by atoms with van der Waals surface area (Å²) in [5.41, 5.74) is 0.614. The van der Waals surface area contributed by atoms with E-state index in [1.807, 2.05) is 6.07 Å². The lowest BCUT2D eigenvalue weighted by atomic mass is 10.2. The highest BCUT2D eigenvalue weighted by molar-refractivity contribution is 5.98. The Morgan fingerprint density at radius 1 is 1.26 bits per heavy atom. The van der Waals surface area contributed by atoms with Crippen LogP contribution in [0.5, 0.6) is 0 Å². The highest BCUT2D eigenvalue weighted by atomic mass is 16.4. The van der Waals surface area contributed by atoms with Crippen molar-refractivity contribution in [3.8, 4) is 0 Å². The van der Waals surface area contributed by atoms with Gasteiger partial charge in [0, 0.05) is 5.69 Å². The molecule has 2 rings (SSSR count). The van der Waals surface area contributed by atoms with Gasteiger partial charge in [-0.2, -0.15) is 0 Å². The minimum Gasteiger partial charge on any atom is -0.480 e. The maximum absolute atomic E-state index is 12.1. The fourth-order valence-electron chi connectivity index (χ4n) is 1.87. The molecule has 0 atom stereocenters. The van der Waals surface area contributed by atoms with Crippen molar-refractivity contribution in [2.24, 2.45) is 5.92 Å². The van der Waals surface area contributed by atoms with Crippen molar-refractivity contribution >= 4 is 17.6 Å². The normalized spacial score (nSPS) is 14.1. The Balaban J connectivity index is 1.95. The number of rotatable bonds is 7. The number of carboxylic acid groups (broad SMARTS) is 1. The monoisotopic (exact) mass is 262 g/mol. The molecule has 1 aromatic rings. The van der Waals surface area contributed by atoms with Gasteiger partial charge in [0.05, 0.1) is 6.54 Å². The van der Waals surface area contributed by atoms with Crippen LogP contribution in [0.25, 0.3) is 0 Å². The first-order valence-electron chi connectivity index (χ1n) is 6.44. The van der Waals surface area contributed by atoms with E-state index in [2.05, 4.69) is 5.32 Å². The van der Waals surface area contributed by atoms with Gasteiger partial charge in [0.2, 0.25) is 5.91 Å². The van der Waals surface area contributed by atoms with Gasteiger partial charge in [-0.1, -0.05) is 18.2 Å². The second-order valence-electron chi connectivity index (χ2n) is 4.78. The van der Waals surface area contributed by atoms with Crippen molar-refractivity contribution in [3.05, 3.63) is 30.3 Å². The standard InChI is InChI=1S/C14H18N2O3/c17-13(9-15-8-11-6-7-11)16(10-14(18)19)12-4-2-1-3-5-12/h1-5,11,15H,6-10H2,(H,18,19). The summed E-state index contributed by atoms with van der Waals surface area (Å²) in [5, 5.41) is 12.0. The Bertz CT molecular complexity index is 443. The largest absolute Gasteiger partial charge is 0.480 e. The third-order valence-electron chi connectivity index (χ3n) is 3.07. The summed E-state index contributed by atoms with van der Waals surface area (Å²) in [7, 11) is 0. The molecular formula is C14H18N2O3. The van der Waals surface area contributed by atoms with Crippen LogP contribution >= 0.6 is 0 Å². The molecule has 0 saturated heterocycles. The first-order chi connectivity index (χ1) is 9.16. The molecule has 5 heteroatoms. The van der Waals surface area contributed by atoms with E-state index in [0.29, 0.717) is 11.6 Å². The third-order valence-corrected chi connectivity index (χ3v) is 3.07.